The Hall–Kier alpha value is -2.86. The molecule has 6 nitrogen and oxygen atoms in total. The van der Waals surface area contributed by atoms with Crippen molar-refractivity contribution in [2.75, 3.05) is 18.5 Å². The van der Waals surface area contributed by atoms with Crippen LogP contribution >= 0.6 is 0 Å². The topological polar surface area (TPSA) is 88.7 Å². The molecular weight excluding hydrogens is 352 g/mol. The molecule has 0 aliphatic carbocycles. The first-order chi connectivity index (χ1) is 13.6. The third kappa shape index (κ3) is 5.82. The minimum atomic E-state index is -0.0940. The number of anilines is 1. The van der Waals surface area contributed by atoms with Gasteiger partial charge in [-0.25, -0.2) is 4.99 Å². The lowest BCUT2D eigenvalue weighted by molar-refractivity contribution is 0.0857. The molecule has 1 aliphatic rings. The van der Waals surface area contributed by atoms with Crippen LogP contribution in [0, 0.1) is 0 Å². The lowest BCUT2D eigenvalue weighted by Gasteiger charge is -2.11. The zero-order valence-corrected chi connectivity index (χ0v) is 16.3. The summed E-state index contributed by atoms with van der Waals surface area (Å²) in [7, 11) is 0. The fraction of sp³-hybridized carbons (Fsp3) is 0.364. The molecule has 3 rings (SSSR count). The third-order valence-electron chi connectivity index (χ3n) is 4.77. The molecule has 0 radical (unpaired) electrons. The van der Waals surface area contributed by atoms with Gasteiger partial charge < -0.3 is 21.1 Å². The van der Waals surface area contributed by atoms with Crippen molar-refractivity contribution in [3.63, 3.8) is 0 Å². The van der Waals surface area contributed by atoms with E-state index in [4.69, 9.17) is 10.5 Å². The van der Waals surface area contributed by atoms with Crippen molar-refractivity contribution in [3.05, 3.63) is 65.2 Å². The number of guanidine groups is 1. The molecule has 0 bridgehead atoms. The van der Waals surface area contributed by atoms with E-state index in [1.807, 2.05) is 30.3 Å². The molecule has 0 saturated carbocycles. The fourth-order valence-electron chi connectivity index (χ4n) is 3.11. The number of rotatable bonds is 7. The number of aryl methyl sites for hydroxylation is 1. The normalized spacial score (nSPS) is 16.8. The van der Waals surface area contributed by atoms with Gasteiger partial charge in [-0.05, 0) is 54.7 Å². The van der Waals surface area contributed by atoms with E-state index in [0.717, 1.165) is 37.1 Å². The van der Waals surface area contributed by atoms with Crippen LogP contribution in [0.3, 0.4) is 0 Å². The second-order valence-electron chi connectivity index (χ2n) is 6.92. The standard InChI is InChI=1S/C22H28N4O2/c1-2-16-8-10-19(11-9-16)26-22(23)25-14-17-5-3-6-18(13-17)21(27)24-15-20-7-4-12-28-20/h3,5-6,8-11,13,20H,2,4,7,12,14-15H2,1H3,(H,24,27)(H3,23,25,26). The van der Waals surface area contributed by atoms with Crippen LogP contribution in [0.25, 0.3) is 0 Å². The first-order valence-corrected chi connectivity index (χ1v) is 9.78. The van der Waals surface area contributed by atoms with Crippen molar-refractivity contribution in [1.29, 1.82) is 0 Å². The van der Waals surface area contributed by atoms with Crippen LogP contribution in [0.2, 0.25) is 0 Å². The van der Waals surface area contributed by atoms with Gasteiger partial charge in [0.2, 0.25) is 0 Å². The van der Waals surface area contributed by atoms with E-state index in [1.165, 1.54) is 5.56 Å². The number of amides is 1. The summed E-state index contributed by atoms with van der Waals surface area (Å²) >= 11 is 0. The Morgan fingerprint density at radius 1 is 1.21 bits per heavy atom. The number of ether oxygens (including phenoxy) is 1. The van der Waals surface area contributed by atoms with Crippen molar-refractivity contribution in [2.45, 2.75) is 38.8 Å². The molecule has 1 atom stereocenters. The van der Waals surface area contributed by atoms with Gasteiger partial charge in [0.15, 0.2) is 5.96 Å². The van der Waals surface area contributed by atoms with Gasteiger partial charge in [0, 0.05) is 24.4 Å². The van der Waals surface area contributed by atoms with Gasteiger partial charge in [0.25, 0.3) is 5.91 Å². The summed E-state index contributed by atoms with van der Waals surface area (Å²) in [6, 6.07) is 15.5. The maximum atomic E-state index is 12.3. The van der Waals surface area contributed by atoms with E-state index in [2.05, 4.69) is 34.7 Å². The molecule has 2 aromatic rings. The van der Waals surface area contributed by atoms with Gasteiger partial charge in [-0.1, -0.05) is 31.2 Å². The molecule has 1 aliphatic heterocycles. The first kappa shape index (κ1) is 19.9. The molecular formula is C22H28N4O2. The SMILES string of the molecule is CCc1ccc(NC(N)=NCc2cccc(C(=O)NCC3CCCO3)c2)cc1. The molecule has 2 aromatic carbocycles. The maximum Gasteiger partial charge on any atom is 0.251 e. The molecule has 1 heterocycles. The van der Waals surface area contributed by atoms with E-state index < -0.39 is 0 Å². The first-order valence-electron chi connectivity index (χ1n) is 9.78. The fourth-order valence-corrected chi connectivity index (χ4v) is 3.11. The third-order valence-corrected chi connectivity index (χ3v) is 4.77. The van der Waals surface area contributed by atoms with Crippen molar-refractivity contribution in [3.8, 4) is 0 Å². The largest absolute Gasteiger partial charge is 0.376 e. The summed E-state index contributed by atoms with van der Waals surface area (Å²) in [6.07, 6.45) is 3.20. The summed E-state index contributed by atoms with van der Waals surface area (Å²) in [4.78, 5) is 16.7. The molecule has 1 unspecified atom stereocenters. The zero-order chi connectivity index (χ0) is 19.8. The molecule has 1 saturated heterocycles. The predicted octanol–water partition coefficient (Wildman–Crippen LogP) is 3.08. The highest BCUT2D eigenvalue weighted by atomic mass is 16.5. The molecule has 4 N–H and O–H groups in total. The number of carbonyl (C=O) groups excluding carboxylic acids is 1. The smallest absolute Gasteiger partial charge is 0.251 e. The summed E-state index contributed by atoms with van der Waals surface area (Å²) in [5.74, 6) is 0.251. The quantitative estimate of drug-likeness (QED) is 0.509. The number of hydrogen-bond donors (Lipinski definition) is 3. The lowest BCUT2D eigenvalue weighted by atomic mass is 10.1. The molecule has 1 amide bonds. The molecule has 148 valence electrons. The number of nitrogens with one attached hydrogen (secondary N) is 2. The minimum Gasteiger partial charge on any atom is -0.376 e. The van der Waals surface area contributed by atoms with Crippen molar-refractivity contribution < 1.29 is 9.53 Å². The minimum absolute atomic E-state index is 0.0940. The van der Waals surface area contributed by atoms with Crippen molar-refractivity contribution in [2.24, 2.45) is 10.7 Å². The highest BCUT2D eigenvalue weighted by molar-refractivity contribution is 5.94. The van der Waals surface area contributed by atoms with Crippen LogP contribution in [-0.4, -0.2) is 31.1 Å². The van der Waals surface area contributed by atoms with Crippen LogP contribution in [0.4, 0.5) is 5.69 Å². The number of carbonyl (C=O) groups is 1. The molecule has 0 spiro atoms. The molecule has 28 heavy (non-hydrogen) atoms. The summed E-state index contributed by atoms with van der Waals surface area (Å²) in [5.41, 5.74) is 9.71. The van der Waals surface area contributed by atoms with Crippen LogP contribution in [0.15, 0.2) is 53.5 Å². The predicted molar refractivity (Wildman–Crippen MR) is 113 cm³/mol. The Morgan fingerprint density at radius 2 is 2.04 bits per heavy atom. The Bertz CT molecular complexity index is 812. The molecule has 0 aromatic heterocycles. The second-order valence-corrected chi connectivity index (χ2v) is 6.92. The zero-order valence-electron chi connectivity index (χ0n) is 16.3. The van der Waals surface area contributed by atoms with Gasteiger partial charge in [-0.2, -0.15) is 0 Å². The van der Waals surface area contributed by atoms with Gasteiger partial charge in [-0.3, -0.25) is 4.79 Å². The summed E-state index contributed by atoms with van der Waals surface area (Å²) in [6.45, 7) is 3.86. The Morgan fingerprint density at radius 3 is 2.75 bits per heavy atom. The number of nitrogens with two attached hydrogens (primary N) is 1. The lowest BCUT2D eigenvalue weighted by Crippen LogP contribution is -2.31. The molecule has 6 heteroatoms. The summed E-state index contributed by atoms with van der Waals surface area (Å²) in [5, 5.41) is 6.03. The average Bonchev–Trinajstić information content (AvgIpc) is 3.25. The highest BCUT2D eigenvalue weighted by Gasteiger charge is 2.16. The van der Waals surface area contributed by atoms with Crippen LogP contribution in [-0.2, 0) is 17.7 Å². The highest BCUT2D eigenvalue weighted by Crippen LogP contribution is 2.12. The van der Waals surface area contributed by atoms with Crippen LogP contribution in [0.5, 0.6) is 0 Å². The number of aliphatic imine (C=N–C) groups is 1. The van der Waals surface area contributed by atoms with E-state index >= 15 is 0 Å². The Kier molecular flexibility index (Phi) is 7.03. The number of benzene rings is 2. The monoisotopic (exact) mass is 380 g/mol. The number of nitrogens with zero attached hydrogens (tertiary/aromatic N) is 1. The Labute approximate surface area is 166 Å². The average molecular weight is 380 g/mol. The van der Waals surface area contributed by atoms with Crippen LogP contribution < -0.4 is 16.4 Å². The molecule has 1 fully saturated rings. The van der Waals surface area contributed by atoms with E-state index in [0.29, 0.717) is 24.6 Å². The van der Waals surface area contributed by atoms with Gasteiger partial charge in [0.05, 0.1) is 12.6 Å². The van der Waals surface area contributed by atoms with Gasteiger partial charge >= 0.3 is 0 Å². The van der Waals surface area contributed by atoms with Crippen molar-refractivity contribution in [1.82, 2.24) is 5.32 Å². The van der Waals surface area contributed by atoms with Crippen LogP contribution in [0.1, 0.15) is 41.3 Å². The van der Waals surface area contributed by atoms with Gasteiger partial charge in [0.1, 0.15) is 0 Å². The number of hydrogen-bond acceptors (Lipinski definition) is 3. The Balaban J connectivity index is 1.53. The maximum absolute atomic E-state index is 12.3. The van der Waals surface area contributed by atoms with Gasteiger partial charge in [-0.15, -0.1) is 0 Å². The van der Waals surface area contributed by atoms with E-state index in [9.17, 15) is 4.79 Å². The van der Waals surface area contributed by atoms with Crippen molar-refractivity contribution >= 4 is 17.6 Å². The van der Waals surface area contributed by atoms with E-state index in [1.54, 1.807) is 6.07 Å². The second kappa shape index (κ2) is 9.90. The van der Waals surface area contributed by atoms with E-state index in [-0.39, 0.29) is 12.0 Å². The summed E-state index contributed by atoms with van der Waals surface area (Å²) < 4.78 is 5.54.